The van der Waals surface area contributed by atoms with Crippen molar-refractivity contribution in [2.45, 2.75) is 25.8 Å². The molecule has 0 unspecified atom stereocenters. The lowest BCUT2D eigenvalue weighted by Crippen LogP contribution is -2.35. The largest absolute Gasteiger partial charge is 0.439 e. The summed E-state index contributed by atoms with van der Waals surface area (Å²) in [7, 11) is 1.49. The topological polar surface area (TPSA) is 70.7 Å². The predicted octanol–water partition coefficient (Wildman–Crippen LogP) is 2.55. The van der Waals surface area contributed by atoms with Crippen LogP contribution in [-0.4, -0.2) is 50.2 Å². The van der Waals surface area contributed by atoms with Gasteiger partial charge in [-0.05, 0) is 56.0 Å². The van der Waals surface area contributed by atoms with E-state index in [2.05, 4.69) is 15.5 Å². The van der Waals surface area contributed by atoms with Gasteiger partial charge in [-0.3, -0.25) is 9.69 Å². The molecule has 2 amide bonds. The molecule has 0 atom stereocenters. The molecule has 1 aliphatic heterocycles. The maximum absolute atomic E-state index is 13.2. The fourth-order valence-electron chi connectivity index (χ4n) is 2.96. The van der Waals surface area contributed by atoms with Gasteiger partial charge in [-0.25, -0.2) is 9.18 Å². The molecule has 8 heteroatoms. The molecule has 1 saturated heterocycles. The number of carbonyl (C=O) groups is 2. The molecule has 6 nitrogen and oxygen atoms in total. The number of nitrogens with one attached hydrogen (secondary N) is 2. The number of alkyl carbamates (subject to hydrolysis) is 1. The van der Waals surface area contributed by atoms with Crippen molar-refractivity contribution in [2.24, 2.45) is 5.92 Å². The standard InChI is InChI=1S/C18H25ClFN3O3/c1-21-17(24)12-26-18(25)22-7-4-13-5-8-23(9-6-13)11-14-2-3-16(20)15(19)10-14/h2-3,10,13H,4-9,11-12H2,1H3,(H,21,24)(H,22,25). The van der Waals surface area contributed by atoms with Gasteiger partial charge in [0.25, 0.3) is 5.91 Å². The number of likely N-dealkylation sites (N-methyl/N-ethyl adjacent to an activating group) is 1. The summed E-state index contributed by atoms with van der Waals surface area (Å²) in [6.45, 7) is 2.94. The highest BCUT2D eigenvalue weighted by Gasteiger charge is 2.19. The van der Waals surface area contributed by atoms with Gasteiger partial charge in [-0.2, -0.15) is 0 Å². The normalized spacial score (nSPS) is 15.5. The van der Waals surface area contributed by atoms with Gasteiger partial charge < -0.3 is 15.4 Å². The van der Waals surface area contributed by atoms with Crippen LogP contribution in [0.1, 0.15) is 24.8 Å². The lowest BCUT2D eigenvalue weighted by Gasteiger charge is -2.32. The van der Waals surface area contributed by atoms with Crippen molar-refractivity contribution in [3.8, 4) is 0 Å². The average molecular weight is 386 g/mol. The van der Waals surface area contributed by atoms with E-state index in [0.717, 1.165) is 44.5 Å². The number of nitrogens with zero attached hydrogens (tertiary/aromatic N) is 1. The van der Waals surface area contributed by atoms with E-state index in [0.29, 0.717) is 12.5 Å². The summed E-state index contributed by atoms with van der Waals surface area (Å²) >= 11 is 5.83. The zero-order valence-corrected chi connectivity index (χ0v) is 15.7. The molecule has 1 aliphatic rings. The molecule has 2 rings (SSSR count). The molecule has 0 radical (unpaired) electrons. The maximum Gasteiger partial charge on any atom is 0.407 e. The van der Waals surface area contributed by atoms with Gasteiger partial charge >= 0.3 is 6.09 Å². The molecule has 0 bridgehead atoms. The fraction of sp³-hybridized carbons (Fsp3) is 0.556. The van der Waals surface area contributed by atoms with E-state index < -0.39 is 11.9 Å². The van der Waals surface area contributed by atoms with E-state index in [1.54, 1.807) is 12.1 Å². The van der Waals surface area contributed by atoms with Crippen LogP contribution < -0.4 is 10.6 Å². The Bertz CT molecular complexity index is 622. The van der Waals surface area contributed by atoms with Crippen LogP contribution in [0.5, 0.6) is 0 Å². The zero-order chi connectivity index (χ0) is 18.9. The van der Waals surface area contributed by atoms with Crippen LogP contribution in [0.3, 0.4) is 0 Å². The van der Waals surface area contributed by atoms with Crippen molar-refractivity contribution in [1.82, 2.24) is 15.5 Å². The Labute approximate surface area is 158 Å². The minimum Gasteiger partial charge on any atom is -0.439 e. The number of hydrogen-bond donors (Lipinski definition) is 2. The fourth-order valence-corrected chi connectivity index (χ4v) is 3.17. The molecule has 144 valence electrons. The van der Waals surface area contributed by atoms with Crippen molar-refractivity contribution in [1.29, 1.82) is 0 Å². The molecule has 1 fully saturated rings. The van der Waals surface area contributed by atoms with Crippen molar-refractivity contribution in [2.75, 3.05) is 33.3 Å². The van der Waals surface area contributed by atoms with E-state index in [4.69, 9.17) is 16.3 Å². The average Bonchev–Trinajstić information content (AvgIpc) is 2.64. The quantitative estimate of drug-likeness (QED) is 0.756. The Morgan fingerprint density at radius 2 is 2.08 bits per heavy atom. The molecule has 0 spiro atoms. The third-order valence-electron chi connectivity index (χ3n) is 4.53. The Morgan fingerprint density at radius 3 is 2.73 bits per heavy atom. The second kappa shape index (κ2) is 10.3. The number of halogens is 2. The number of likely N-dealkylation sites (tertiary alicyclic amines) is 1. The van der Waals surface area contributed by atoms with Gasteiger partial charge in [-0.1, -0.05) is 17.7 Å². The molecule has 1 aromatic rings. The van der Waals surface area contributed by atoms with E-state index in [9.17, 15) is 14.0 Å². The number of hydrogen-bond acceptors (Lipinski definition) is 4. The van der Waals surface area contributed by atoms with Gasteiger partial charge in [0, 0.05) is 20.1 Å². The minimum absolute atomic E-state index is 0.159. The van der Waals surface area contributed by atoms with Crippen LogP contribution in [0.25, 0.3) is 0 Å². The Hall–Kier alpha value is -1.86. The molecule has 2 N–H and O–H groups in total. The van der Waals surface area contributed by atoms with Gasteiger partial charge in [0.2, 0.25) is 0 Å². The lowest BCUT2D eigenvalue weighted by molar-refractivity contribution is -0.123. The third-order valence-corrected chi connectivity index (χ3v) is 4.82. The number of benzene rings is 1. The van der Waals surface area contributed by atoms with Gasteiger partial charge in [0.15, 0.2) is 6.61 Å². The number of carbonyl (C=O) groups excluding carboxylic acids is 2. The molecule has 0 saturated carbocycles. The van der Waals surface area contributed by atoms with Crippen molar-refractivity contribution in [3.63, 3.8) is 0 Å². The van der Waals surface area contributed by atoms with E-state index >= 15 is 0 Å². The highest BCUT2D eigenvalue weighted by atomic mass is 35.5. The van der Waals surface area contributed by atoms with Crippen LogP contribution >= 0.6 is 11.6 Å². The maximum atomic E-state index is 13.2. The van der Waals surface area contributed by atoms with E-state index in [1.165, 1.54) is 13.1 Å². The molecular weight excluding hydrogens is 361 g/mol. The third kappa shape index (κ3) is 6.80. The first-order chi connectivity index (χ1) is 12.5. The number of piperidine rings is 1. The van der Waals surface area contributed by atoms with E-state index in [1.807, 2.05) is 0 Å². The highest BCUT2D eigenvalue weighted by Crippen LogP contribution is 2.23. The SMILES string of the molecule is CNC(=O)COC(=O)NCCC1CCN(Cc2ccc(F)c(Cl)c2)CC1. The second-order valence-corrected chi connectivity index (χ2v) is 6.84. The summed E-state index contributed by atoms with van der Waals surface area (Å²) in [4.78, 5) is 24.8. The Kier molecular flexibility index (Phi) is 8.12. The van der Waals surface area contributed by atoms with Crippen LogP contribution in [0.2, 0.25) is 5.02 Å². The summed E-state index contributed by atoms with van der Waals surface area (Å²) in [5, 5.41) is 5.21. The Balaban J connectivity index is 1.61. The Morgan fingerprint density at radius 1 is 1.35 bits per heavy atom. The van der Waals surface area contributed by atoms with Crippen molar-refractivity contribution >= 4 is 23.6 Å². The van der Waals surface area contributed by atoms with Crippen LogP contribution in [-0.2, 0) is 16.1 Å². The van der Waals surface area contributed by atoms with Gasteiger partial charge in [-0.15, -0.1) is 0 Å². The summed E-state index contributed by atoms with van der Waals surface area (Å²) in [5.41, 5.74) is 1.01. The molecule has 0 aliphatic carbocycles. The smallest absolute Gasteiger partial charge is 0.407 e. The van der Waals surface area contributed by atoms with Crippen molar-refractivity contribution in [3.05, 3.63) is 34.6 Å². The summed E-state index contributed by atoms with van der Waals surface area (Å²) in [5.74, 6) is -0.187. The van der Waals surface area contributed by atoms with Crippen LogP contribution in [0.4, 0.5) is 9.18 Å². The van der Waals surface area contributed by atoms with Gasteiger partial charge in [0.1, 0.15) is 5.82 Å². The monoisotopic (exact) mass is 385 g/mol. The molecule has 0 aromatic heterocycles. The van der Waals surface area contributed by atoms with Crippen molar-refractivity contribution < 1.29 is 18.7 Å². The zero-order valence-electron chi connectivity index (χ0n) is 14.9. The summed E-state index contributed by atoms with van der Waals surface area (Å²) in [6.07, 6.45) is 2.40. The first kappa shape index (κ1) is 20.5. The minimum atomic E-state index is -0.570. The van der Waals surface area contributed by atoms with Crippen LogP contribution in [0, 0.1) is 11.7 Å². The predicted molar refractivity (Wildman–Crippen MR) is 97.4 cm³/mol. The number of rotatable bonds is 7. The first-order valence-corrected chi connectivity index (χ1v) is 9.13. The molecule has 1 heterocycles. The van der Waals surface area contributed by atoms with Gasteiger partial charge in [0.05, 0.1) is 5.02 Å². The first-order valence-electron chi connectivity index (χ1n) is 8.75. The van der Waals surface area contributed by atoms with E-state index in [-0.39, 0.29) is 17.5 Å². The van der Waals surface area contributed by atoms with Crippen LogP contribution in [0.15, 0.2) is 18.2 Å². The molecule has 26 heavy (non-hydrogen) atoms. The lowest BCUT2D eigenvalue weighted by atomic mass is 9.93. The number of ether oxygens (including phenoxy) is 1. The summed E-state index contributed by atoms with van der Waals surface area (Å²) in [6, 6.07) is 4.85. The highest BCUT2D eigenvalue weighted by molar-refractivity contribution is 6.30. The second-order valence-electron chi connectivity index (χ2n) is 6.43. The summed E-state index contributed by atoms with van der Waals surface area (Å²) < 4.78 is 18.0. The molecular formula is C18H25ClFN3O3. The number of amides is 2. The molecule has 1 aromatic carbocycles.